The van der Waals surface area contributed by atoms with Gasteiger partial charge in [-0.3, -0.25) is 4.79 Å². The molecule has 0 unspecified atom stereocenters. The third-order valence-corrected chi connectivity index (χ3v) is 5.84. The predicted octanol–water partition coefficient (Wildman–Crippen LogP) is 7.17. The molecule has 1 aliphatic heterocycles. The van der Waals surface area contributed by atoms with E-state index in [4.69, 9.17) is 32.7 Å². The number of aromatic carboxylic acids is 1. The minimum Gasteiger partial charge on any atom is -0.477 e. The zero-order valence-electron chi connectivity index (χ0n) is 23.5. The SMILES string of the molecule is C=C1CN(C(=O)OC(C)(C)C)N(c2ccccc2)C1=O.CC(C)(C)OC(=O)n1c(C(=O)O)cc2c(Cl)cc(Cl)cc21. The molecule has 1 saturated heterocycles. The van der Waals surface area contributed by atoms with E-state index < -0.39 is 29.4 Å². The molecule has 0 saturated carbocycles. The van der Waals surface area contributed by atoms with Gasteiger partial charge in [0.15, 0.2) is 0 Å². The molecule has 12 heteroatoms. The second kappa shape index (κ2) is 11.8. The quantitative estimate of drug-likeness (QED) is 0.308. The first kappa shape index (κ1) is 31.5. The monoisotopic (exact) mass is 603 g/mol. The van der Waals surface area contributed by atoms with Crippen LogP contribution in [0.5, 0.6) is 0 Å². The Balaban J connectivity index is 0.000000226. The fourth-order valence-corrected chi connectivity index (χ4v) is 4.29. The molecule has 0 radical (unpaired) electrons. The molecule has 1 aliphatic rings. The highest BCUT2D eigenvalue weighted by Crippen LogP contribution is 2.31. The van der Waals surface area contributed by atoms with Crippen molar-refractivity contribution in [1.29, 1.82) is 0 Å². The Kier molecular flexibility index (Phi) is 9.10. The van der Waals surface area contributed by atoms with Gasteiger partial charge in [0.2, 0.25) is 0 Å². The van der Waals surface area contributed by atoms with Gasteiger partial charge in [0, 0.05) is 16.0 Å². The van der Waals surface area contributed by atoms with E-state index in [1.807, 2.05) is 6.07 Å². The van der Waals surface area contributed by atoms with Gasteiger partial charge in [0.25, 0.3) is 5.91 Å². The first-order chi connectivity index (χ1) is 18.9. The van der Waals surface area contributed by atoms with Crippen LogP contribution in [0, 0.1) is 0 Å². The molecular formula is C29H31Cl2N3O7. The summed E-state index contributed by atoms with van der Waals surface area (Å²) in [6.45, 7) is 14.3. The molecule has 2 heterocycles. The summed E-state index contributed by atoms with van der Waals surface area (Å²) >= 11 is 12.0. The fraction of sp³-hybridized carbons (Fsp3) is 0.310. The van der Waals surface area contributed by atoms with Crippen molar-refractivity contribution < 1.29 is 33.8 Å². The molecule has 218 valence electrons. The smallest absolute Gasteiger partial charge is 0.430 e. The van der Waals surface area contributed by atoms with Gasteiger partial charge in [-0.15, -0.1) is 0 Å². The summed E-state index contributed by atoms with van der Waals surface area (Å²) in [5, 5.41) is 12.8. The number of hydrogen-bond donors (Lipinski definition) is 1. The number of anilines is 1. The van der Waals surface area contributed by atoms with Crippen molar-refractivity contribution in [3.8, 4) is 0 Å². The Morgan fingerprint density at radius 2 is 1.46 bits per heavy atom. The van der Waals surface area contributed by atoms with Crippen molar-refractivity contribution >= 4 is 63.9 Å². The van der Waals surface area contributed by atoms with Gasteiger partial charge >= 0.3 is 18.2 Å². The van der Waals surface area contributed by atoms with Gasteiger partial charge < -0.3 is 14.6 Å². The highest BCUT2D eigenvalue weighted by atomic mass is 35.5. The molecule has 2 aromatic carbocycles. The Morgan fingerprint density at radius 1 is 0.902 bits per heavy atom. The maximum absolute atomic E-state index is 12.3. The number of amides is 2. The van der Waals surface area contributed by atoms with E-state index in [0.717, 1.165) is 4.57 Å². The summed E-state index contributed by atoms with van der Waals surface area (Å²) in [4.78, 5) is 48.0. The summed E-state index contributed by atoms with van der Waals surface area (Å²) in [6.07, 6.45) is -1.36. The van der Waals surface area contributed by atoms with Crippen molar-refractivity contribution in [3.63, 3.8) is 0 Å². The Labute approximate surface area is 247 Å². The van der Waals surface area contributed by atoms with E-state index in [2.05, 4.69) is 6.58 Å². The zero-order valence-corrected chi connectivity index (χ0v) is 25.0. The van der Waals surface area contributed by atoms with Crippen molar-refractivity contribution in [2.75, 3.05) is 11.6 Å². The second-order valence-electron chi connectivity index (χ2n) is 11.1. The molecule has 1 aromatic heterocycles. The first-order valence-electron chi connectivity index (χ1n) is 12.4. The van der Waals surface area contributed by atoms with Gasteiger partial charge in [0.05, 0.1) is 22.8 Å². The van der Waals surface area contributed by atoms with Gasteiger partial charge in [-0.05, 0) is 71.9 Å². The average molecular weight is 604 g/mol. The molecule has 4 rings (SSSR count). The number of aromatic nitrogens is 1. The van der Waals surface area contributed by atoms with Crippen LogP contribution in [0.1, 0.15) is 52.0 Å². The van der Waals surface area contributed by atoms with E-state index in [-0.39, 0.29) is 23.2 Å². The summed E-state index contributed by atoms with van der Waals surface area (Å²) in [5.74, 6) is -1.55. The van der Waals surface area contributed by atoms with Crippen LogP contribution in [-0.4, -0.2) is 56.5 Å². The number of fused-ring (bicyclic) bond motifs is 1. The van der Waals surface area contributed by atoms with E-state index in [9.17, 15) is 24.3 Å². The Hall–Kier alpha value is -4.02. The van der Waals surface area contributed by atoms with E-state index in [1.165, 1.54) is 28.2 Å². The van der Waals surface area contributed by atoms with Crippen molar-refractivity contribution in [3.05, 3.63) is 76.4 Å². The molecule has 0 bridgehead atoms. The number of halogens is 2. The highest BCUT2D eigenvalue weighted by Gasteiger charge is 2.39. The Bertz CT molecular complexity index is 1520. The van der Waals surface area contributed by atoms with Crippen LogP contribution in [0.2, 0.25) is 10.0 Å². The number of para-hydroxylation sites is 1. The van der Waals surface area contributed by atoms with Gasteiger partial charge in [-0.25, -0.2) is 29.0 Å². The molecule has 10 nitrogen and oxygen atoms in total. The molecule has 3 aromatic rings. The van der Waals surface area contributed by atoms with Crippen LogP contribution < -0.4 is 5.01 Å². The molecular weight excluding hydrogens is 573 g/mol. The second-order valence-corrected chi connectivity index (χ2v) is 11.9. The normalized spacial score (nSPS) is 13.7. The average Bonchev–Trinajstić information content (AvgIpc) is 3.36. The van der Waals surface area contributed by atoms with E-state index in [0.29, 0.717) is 27.2 Å². The Morgan fingerprint density at radius 3 is 2.00 bits per heavy atom. The van der Waals surface area contributed by atoms with Crippen LogP contribution in [0.4, 0.5) is 15.3 Å². The third kappa shape index (κ3) is 7.59. The molecule has 0 atom stereocenters. The van der Waals surface area contributed by atoms with Crippen LogP contribution in [0.3, 0.4) is 0 Å². The van der Waals surface area contributed by atoms with Crippen molar-refractivity contribution in [1.82, 2.24) is 9.58 Å². The molecule has 0 spiro atoms. The first-order valence-corrected chi connectivity index (χ1v) is 13.2. The fourth-order valence-electron chi connectivity index (χ4n) is 3.76. The lowest BCUT2D eigenvalue weighted by Crippen LogP contribution is -2.45. The van der Waals surface area contributed by atoms with Gasteiger partial charge in [-0.1, -0.05) is 48.0 Å². The summed E-state index contributed by atoms with van der Waals surface area (Å²) in [6, 6.07) is 13.2. The number of rotatable bonds is 2. The minimum absolute atomic E-state index is 0.142. The number of nitrogens with zero attached hydrogens (tertiary/aromatic N) is 3. The number of hydrogen-bond acceptors (Lipinski definition) is 6. The van der Waals surface area contributed by atoms with Gasteiger partial charge in [-0.2, -0.15) is 0 Å². The predicted molar refractivity (Wildman–Crippen MR) is 157 cm³/mol. The lowest BCUT2D eigenvalue weighted by molar-refractivity contribution is -0.115. The molecule has 1 N–H and O–H groups in total. The number of carbonyl (C=O) groups is 4. The molecule has 0 aliphatic carbocycles. The summed E-state index contributed by atoms with van der Waals surface area (Å²) < 4.78 is 11.5. The number of hydrazine groups is 1. The number of ether oxygens (including phenoxy) is 2. The third-order valence-electron chi connectivity index (χ3n) is 5.31. The van der Waals surface area contributed by atoms with Crippen molar-refractivity contribution in [2.45, 2.75) is 52.7 Å². The molecule has 1 fully saturated rings. The number of carbonyl (C=O) groups excluding carboxylic acids is 3. The van der Waals surface area contributed by atoms with Crippen molar-refractivity contribution in [2.24, 2.45) is 0 Å². The highest BCUT2D eigenvalue weighted by molar-refractivity contribution is 6.39. The van der Waals surface area contributed by atoms with Crippen LogP contribution >= 0.6 is 23.2 Å². The number of carboxylic acids is 1. The topological polar surface area (TPSA) is 118 Å². The van der Waals surface area contributed by atoms with Gasteiger partial charge in [0.1, 0.15) is 16.9 Å². The van der Waals surface area contributed by atoms with Crippen LogP contribution in [0.25, 0.3) is 10.9 Å². The molecule has 41 heavy (non-hydrogen) atoms. The van der Waals surface area contributed by atoms with Crippen LogP contribution in [0.15, 0.2) is 60.7 Å². The number of carboxylic acid groups (broad SMARTS) is 1. The maximum Gasteiger partial charge on any atom is 0.430 e. The standard InChI is InChI=1S/C15H18N2O3.C14H13Cl2NO4/c1-11-10-16(14(19)20-15(2,3)4)17(13(11)18)12-8-6-5-7-9-12;1-14(2,3)21-13(20)17-10-5-7(15)4-9(16)8(10)6-11(17)12(18)19/h5-9H,1,10H2,2-4H3;4-6H,1-3H3,(H,18,19). The lowest BCUT2D eigenvalue weighted by atomic mass is 10.2. The number of benzene rings is 2. The largest absolute Gasteiger partial charge is 0.477 e. The van der Waals surface area contributed by atoms with Crippen LogP contribution in [-0.2, 0) is 14.3 Å². The zero-order chi connectivity index (χ0) is 30.9. The summed E-state index contributed by atoms with van der Waals surface area (Å²) in [5.41, 5.74) is -0.345. The minimum atomic E-state index is -1.26. The maximum atomic E-state index is 12.3. The summed E-state index contributed by atoms with van der Waals surface area (Å²) in [7, 11) is 0. The van der Waals surface area contributed by atoms with E-state index >= 15 is 0 Å². The van der Waals surface area contributed by atoms with E-state index in [1.54, 1.807) is 65.8 Å². The lowest BCUT2D eigenvalue weighted by Gasteiger charge is -2.29. The molecule has 2 amide bonds.